The third-order valence-electron chi connectivity index (χ3n) is 3.14. The van der Waals surface area contributed by atoms with E-state index in [1.807, 2.05) is 25.1 Å². The molecule has 0 unspecified atom stereocenters. The molecule has 0 saturated carbocycles. The van der Waals surface area contributed by atoms with Crippen LogP contribution in [-0.4, -0.2) is 20.3 Å². The van der Waals surface area contributed by atoms with E-state index in [4.69, 9.17) is 0 Å². The first kappa shape index (κ1) is 13.7. The predicted molar refractivity (Wildman–Crippen MR) is 82.4 cm³/mol. The fraction of sp³-hybridized carbons (Fsp3) is 0.357. The van der Waals surface area contributed by atoms with Crippen LogP contribution >= 0.6 is 23.5 Å². The van der Waals surface area contributed by atoms with Gasteiger partial charge in [-0.05, 0) is 19.1 Å². The van der Waals surface area contributed by atoms with Crippen molar-refractivity contribution in [1.82, 2.24) is 14.5 Å². The molecule has 4 nitrogen and oxygen atoms in total. The van der Waals surface area contributed by atoms with Gasteiger partial charge in [0.15, 0.2) is 5.16 Å². The van der Waals surface area contributed by atoms with Crippen LogP contribution in [-0.2, 0) is 18.7 Å². The first-order valence-electron chi connectivity index (χ1n) is 6.59. The first-order valence-corrected chi connectivity index (χ1v) is 8.56. The highest BCUT2D eigenvalue weighted by Crippen LogP contribution is 2.29. The standard InChI is InChI=1S/C14H15N3OS2/c1-2-17-13(18)12-11(6-8-19-12)16-14(17)20-9-10-5-3-4-7-15-10/h3-5,7H,2,6,8-9H2,1H3. The topological polar surface area (TPSA) is 47.8 Å². The molecule has 1 aliphatic rings. The first-order chi connectivity index (χ1) is 9.79. The molecule has 2 aromatic heterocycles. The minimum Gasteiger partial charge on any atom is -0.287 e. The zero-order valence-electron chi connectivity index (χ0n) is 11.2. The zero-order chi connectivity index (χ0) is 13.9. The van der Waals surface area contributed by atoms with E-state index >= 15 is 0 Å². The molecule has 0 fully saturated rings. The van der Waals surface area contributed by atoms with Gasteiger partial charge in [-0.25, -0.2) is 4.98 Å². The fourth-order valence-electron chi connectivity index (χ4n) is 2.13. The molecule has 0 N–H and O–H groups in total. The maximum atomic E-state index is 12.4. The average molecular weight is 305 g/mol. The SMILES string of the molecule is CCn1c(SCc2ccccn2)nc2c(c1=O)SCC2. The van der Waals surface area contributed by atoms with Gasteiger partial charge in [-0.15, -0.1) is 11.8 Å². The number of pyridine rings is 1. The maximum absolute atomic E-state index is 12.4. The number of nitrogens with zero attached hydrogens (tertiary/aromatic N) is 3. The average Bonchev–Trinajstić information content (AvgIpc) is 2.95. The molecule has 0 radical (unpaired) electrons. The lowest BCUT2D eigenvalue weighted by Crippen LogP contribution is -2.24. The normalized spacial score (nSPS) is 13.4. The van der Waals surface area contributed by atoms with Crippen LogP contribution in [0.1, 0.15) is 18.3 Å². The van der Waals surface area contributed by atoms with E-state index in [1.54, 1.807) is 34.3 Å². The Hall–Kier alpha value is -1.27. The number of fused-ring (bicyclic) bond motifs is 1. The summed E-state index contributed by atoms with van der Waals surface area (Å²) in [5.41, 5.74) is 2.08. The molecular weight excluding hydrogens is 290 g/mol. The molecule has 0 saturated heterocycles. The number of aromatic nitrogens is 3. The van der Waals surface area contributed by atoms with E-state index in [0.29, 0.717) is 6.54 Å². The Kier molecular flexibility index (Phi) is 4.12. The van der Waals surface area contributed by atoms with Crippen LogP contribution < -0.4 is 5.56 Å². The van der Waals surface area contributed by atoms with Gasteiger partial charge in [-0.2, -0.15) is 0 Å². The van der Waals surface area contributed by atoms with E-state index in [-0.39, 0.29) is 5.56 Å². The Morgan fingerprint density at radius 3 is 3.10 bits per heavy atom. The summed E-state index contributed by atoms with van der Waals surface area (Å²) in [4.78, 5) is 22.2. The van der Waals surface area contributed by atoms with Gasteiger partial charge in [0.05, 0.1) is 16.3 Å². The van der Waals surface area contributed by atoms with E-state index in [2.05, 4.69) is 9.97 Å². The smallest absolute Gasteiger partial charge is 0.268 e. The van der Waals surface area contributed by atoms with Gasteiger partial charge in [-0.3, -0.25) is 14.3 Å². The molecule has 3 rings (SSSR count). The lowest BCUT2D eigenvalue weighted by molar-refractivity contribution is 0.597. The predicted octanol–water partition coefficient (Wildman–Crippen LogP) is 2.60. The monoisotopic (exact) mass is 305 g/mol. The molecule has 0 aromatic carbocycles. The minimum atomic E-state index is 0.114. The molecule has 104 valence electrons. The summed E-state index contributed by atoms with van der Waals surface area (Å²) in [6.07, 6.45) is 2.69. The minimum absolute atomic E-state index is 0.114. The number of hydrogen-bond acceptors (Lipinski definition) is 5. The van der Waals surface area contributed by atoms with Gasteiger partial charge in [0, 0.05) is 30.7 Å². The van der Waals surface area contributed by atoms with Gasteiger partial charge in [0.1, 0.15) is 0 Å². The third-order valence-corrected chi connectivity index (χ3v) is 5.26. The highest BCUT2D eigenvalue weighted by molar-refractivity contribution is 7.99. The molecule has 0 spiro atoms. The van der Waals surface area contributed by atoms with Crippen LogP contribution in [0.2, 0.25) is 0 Å². The van der Waals surface area contributed by atoms with Crippen LogP contribution in [0.25, 0.3) is 0 Å². The van der Waals surface area contributed by atoms with Crippen LogP contribution in [0.5, 0.6) is 0 Å². The second-order valence-corrected chi connectivity index (χ2v) is 6.48. The Morgan fingerprint density at radius 2 is 2.35 bits per heavy atom. The number of hydrogen-bond donors (Lipinski definition) is 0. The second-order valence-electron chi connectivity index (χ2n) is 4.43. The van der Waals surface area contributed by atoms with Gasteiger partial charge in [0.25, 0.3) is 5.56 Å². The highest BCUT2D eigenvalue weighted by Gasteiger charge is 2.21. The van der Waals surface area contributed by atoms with Gasteiger partial charge >= 0.3 is 0 Å². The van der Waals surface area contributed by atoms with Crippen LogP contribution in [0, 0.1) is 0 Å². The van der Waals surface area contributed by atoms with Crippen LogP contribution in [0.4, 0.5) is 0 Å². The van der Waals surface area contributed by atoms with Gasteiger partial charge in [-0.1, -0.05) is 17.8 Å². The maximum Gasteiger partial charge on any atom is 0.268 e. The summed E-state index contributed by atoms with van der Waals surface area (Å²) in [5, 5.41) is 0.810. The van der Waals surface area contributed by atoms with Crippen molar-refractivity contribution in [1.29, 1.82) is 0 Å². The molecule has 0 aliphatic carbocycles. The number of rotatable bonds is 4. The lowest BCUT2D eigenvalue weighted by Gasteiger charge is -2.11. The van der Waals surface area contributed by atoms with Gasteiger partial charge in [0.2, 0.25) is 0 Å². The molecule has 0 atom stereocenters. The quantitative estimate of drug-likeness (QED) is 0.642. The van der Waals surface area contributed by atoms with E-state index in [0.717, 1.165) is 39.4 Å². The Morgan fingerprint density at radius 1 is 1.45 bits per heavy atom. The Balaban J connectivity index is 1.89. The molecular formula is C14H15N3OS2. The molecule has 3 heterocycles. The van der Waals surface area contributed by atoms with Crippen molar-refractivity contribution in [3.05, 3.63) is 46.1 Å². The summed E-state index contributed by atoms with van der Waals surface area (Å²) in [7, 11) is 0. The summed E-state index contributed by atoms with van der Waals surface area (Å²) in [6, 6.07) is 5.87. The molecule has 6 heteroatoms. The van der Waals surface area contributed by atoms with Crippen molar-refractivity contribution < 1.29 is 0 Å². The second kappa shape index (κ2) is 6.01. The summed E-state index contributed by atoms with van der Waals surface area (Å²) in [5.74, 6) is 1.70. The fourth-order valence-corrected chi connectivity index (χ4v) is 4.17. The molecule has 20 heavy (non-hydrogen) atoms. The van der Waals surface area contributed by atoms with E-state index in [1.165, 1.54) is 0 Å². The molecule has 2 aromatic rings. The Labute approximate surface area is 126 Å². The highest BCUT2D eigenvalue weighted by atomic mass is 32.2. The Bertz CT molecular complexity index is 670. The summed E-state index contributed by atoms with van der Waals surface area (Å²) >= 11 is 3.21. The van der Waals surface area contributed by atoms with Gasteiger partial charge < -0.3 is 0 Å². The van der Waals surface area contributed by atoms with Crippen molar-refractivity contribution in [2.45, 2.75) is 35.7 Å². The van der Waals surface area contributed by atoms with Crippen LogP contribution in [0.3, 0.4) is 0 Å². The zero-order valence-corrected chi connectivity index (χ0v) is 12.8. The number of aryl methyl sites for hydroxylation is 1. The molecule has 0 amide bonds. The summed E-state index contributed by atoms with van der Waals surface area (Å²) in [6.45, 7) is 2.64. The molecule has 0 bridgehead atoms. The lowest BCUT2D eigenvalue weighted by atomic mass is 10.3. The molecule has 1 aliphatic heterocycles. The number of thioether (sulfide) groups is 2. The van der Waals surface area contributed by atoms with Crippen LogP contribution in [0.15, 0.2) is 39.2 Å². The van der Waals surface area contributed by atoms with Crippen molar-refractivity contribution in [2.75, 3.05) is 5.75 Å². The summed E-state index contributed by atoms with van der Waals surface area (Å²) < 4.78 is 1.77. The van der Waals surface area contributed by atoms with E-state index in [9.17, 15) is 4.79 Å². The largest absolute Gasteiger partial charge is 0.287 e. The van der Waals surface area contributed by atoms with Crippen molar-refractivity contribution in [2.24, 2.45) is 0 Å². The van der Waals surface area contributed by atoms with E-state index < -0.39 is 0 Å². The third kappa shape index (κ3) is 2.62. The van der Waals surface area contributed by atoms with Crippen molar-refractivity contribution in [3.8, 4) is 0 Å². The van der Waals surface area contributed by atoms with Crippen molar-refractivity contribution >= 4 is 23.5 Å². The van der Waals surface area contributed by atoms with Crippen molar-refractivity contribution in [3.63, 3.8) is 0 Å².